The van der Waals surface area contributed by atoms with Crippen LogP contribution in [0.5, 0.6) is 0 Å². The van der Waals surface area contributed by atoms with Crippen molar-refractivity contribution in [2.75, 3.05) is 64.2 Å². The summed E-state index contributed by atoms with van der Waals surface area (Å²) < 4.78 is 20.4. The first-order valence-electron chi connectivity index (χ1n) is 13.4. The first kappa shape index (κ1) is 27.8. The van der Waals surface area contributed by atoms with Crippen molar-refractivity contribution in [3.63, 3.8) is 0 Å². The van der Waals surface area contributed by atoms with Crippen LogP contribution in [0.1, 0.15) is 22.5 Å². The van der Waals surface area contributed by atoms with E-state index in [1.54, 1.807) is 19.4 Å². The first-order chi connectivity index (χ1) is 19.5. The second-order valence-electron chi connectivity index (χ2n) is 9.98. The molecule has 1 aromatic carbocycles. The summed E-state index contributed by atoms with van der Waals surface area (Å²) in [6, 6.07) is 8.85. The molecule has 11 heteroatoms. The molecule has 2 aromatic heterocycles. The Balaban J connectivity index is 1.34. The topological polar surface area (TPSA) is 116 Å². The summed E-state index contributed by atoms with van der Waals surface area (Å²) >= 11 is 0. The number of fused-ring (bicyclic) bond motifs is 1. The number of aliphatic hydroxyl groups is 1. The maximum Gasteiger partial charge on any atom is 0.244 e. The Hall–Kier alpha value is -3.77. The normalized spacial score (nSPS) is 16.4. The Morgan fingerprint density at radius 2 is 1.98 bits per heavy atom. The highest BCUT2D eigenvalue weighted by Gasteiger charge is 2.30. The van der Waals surface area contributed by atoms with Crippen LogP contribution in [0.3, 0.4) is 0 Å². The van der Waals surface area contributed by atoms with E-state index in [1.165, 1.54) is 0 Å². The molecule has 0 unspecified atom stereocenters. The monoisotopic (exact) mass is 547 g/mol. The number of benzene rings is 1. The van der Waals surface area contributed by atoms with Crippen molar-refractivity contribution in [3.05, 3.63) is 77.1 Å². The third-order valence-electron chi connectivity index (χ3n) is 7.29. The van der Waals surface area contributed by atoms with E-state index in [0.717, 1.165) is 49.2 Å². The Labute approximate surface area is 232 Å². The van der Waals surface area contributed by atoms with Gasteiger partial charge in [-0.05, 0) is 42.8 Å². The lowest BCUT2D eigenvalue weighted by atomic mass is 10.0. The quantitative estimate of drug-likeness (QED) is 0.352. The molecule has 1 aliphatic carbocycles. The van der Waals surface area contributed by atoms with Gasteiger partial charge >= 0.3 is 0 Å². The molecule has 0 radical (unpaired) electrons. The van der Waals surface area contributed by atoms with Gasteiger partial charge in [0.15, 0.2) is 5.82 Å². The summed E-state index contributed by atoms with van der Waals surface area (Å²) in [7, 11) is 3.68. The Kier molecular flexibility index (Phi) is 8.75. The van der Waals surface area contributed by atoms with E-state index < -0.39 is 11.9 Å². The minimum absolute atomic E-state index is 0.0240. The van der Waals surface area contributed by atoms with Crippen LogP contribution in [0.15, 0.2) is 48.8 Å². The van der Waals surface area contributed by atoms with Crippen molar-refractivity contribution in [2.24, 2.45) is 0 Å². The van der Waals surface area contributed by atoms with Crippen LogP contribution in [0.25, 0.3) is 5.57 Å². The molecule has 1 aliphatic heterocycles. The van der Waals surface area contributed by atoms with Gasteiger partial charge in [0.25, 0.3) is 0 Å². The molecule has 1 atom stereocenters. The van der Waals surface area contributed by atoms with Gasteiger partial charge in [-0.3, -0.25) is 14.7 Å². The number of nitrogens with one attached hydrogen (secondary N) is 2. The summed E-state index contributed by atoms with van der Waals surface area (Å²) in [6.07, 6.45) is 5.70. The summed E-state index contributed by atoms with van der Waals surface area (Å²) in [5.74, 6) is -0.418. The highest BCUT2D eigenvalue weighted by molar-refractivity contribution is 5.97. The number of carbonyl (C=O) groups is 1. The Morgan fingerprint density at radius 1 is 1.15 bits per heavy atom. The highest BCUT2D eigenvalue weighted by Crippen LogP contribution is 2.37. The number of aromatic nitrogens is 3. The number of allylic oxidation sites excluding steroid dienone is 1. The van der Waals surface area contributed by atoms with Crippen LogP contribution in [0, 0.1) is 5.82 Å². The largest absolute Gasteiger partial charge is 0.396 e. The van der Waals surface area contributed by atoms with Crippen molar-refractivity contribution in [3.8, 4) is 0 Å². The molecule has 2 aliphatic rings. The number of aliphatic hydroxyl groups excluding tert-OH is 1. The molecule has 40 heavy (non-hydrogen) atoms. The minimum Gasteiger partial charge on any atom is -0.396 e. The highest BCUT2D eigenvalue weighted by atomic mass is 19.1. The van der Waals surface area contributed by atoms with Gasteiger partial charge in [0.05, 0.1) is 24.7 Å². The van der Waals surface area contributed by atoms with E-state index in [1.807, 2.05) is 30.3 Å². The predicted molar refractivity (Wildman–Crippen MR) is 151 cm³/mol. The number of pyridine rings is 1. The molecular weight excluding hydrogens is 513 g/mol. The fourth-order valence-electron chi connectivity index (χ4n) is 5.08. The van der Waals surface area contributed by atoms with Crippen molar-refractivity contribution in [1.29, 1.82) is 0 Å². The Bertz CT molecular complexity index is 1370. The average Bonchev–Trinajstić information content (AvgIpc) is 3.39. The van der Waals surface area contributed by atoms with Crippen LogP contribution < -0.4 is 10.6 Å². The zero-order valence-electron chi connectivity index (χ0n) is 22.7. The predicted octanol–water partition coefficient (Wildman–Crippen LogP) is 2.48. The van der Waals surface area contributed by atoms with Crippen molar-refractivity contribution >= 4 is 28.8 Å². The average molecular weight is 548 g/mol. The van der Waals surface area contributed by atoms with Gasteiger partial charge in [-0.25, -0.2) is 14.4 Å². The number of likely N-dealkylation sites (N-methyl/N-ethyl adjacent to an activating group) is 1. The lowest BCUT2D eigenvalue weighted by Gasteiger charge is -2.36. The van der Waals surface area contributed by atoms with Crippen molar-refractivity contribution in [2.45, 2.75) is 18.9 Å². The van der Waals surface area contributed by atoms with Gasteiger partial charge in [0, 0.05) is 63.3 Å². The maximum absolute atomic E-state index is 15.0. The number of rotatable bonds is 10. The summed E-state index contributed by atoms with van der Waals surface area (Å²) in [4.78, 5) is 30.7. The molecule has 0 saturated carbocycles. The lowest BCUT2D eigenvalue weighted by Crippen LogP contribution is -2.54. The number of piperazine rings is 1. The summed E-state index contributed by atoms with van der Waals surface area (Å²) in [6.45, 7) is 3.71. The fourth-order valence-corrected chi connectivity index (χ4v) is 5.08. The van der Waals surface area contributed by atoms with Crippen LogP contribution in [-0.4, -0.2) is 95.4 Å². The molecule has 0 spiro atoms. The van der Waals surface area contributed by atoms with Crippen molar-refractivity contribution < 1.29 is 19.0 Å². The third kappa shape index (κ3) is 6.18. The second kappa shape index (κ2) is 12.6. The van der Waals surface area contributed by atoms with E-state index in [-0.39, 0.29) is 24.2 Å². The summed E-state index contributed by atoms with van der Waals surface area (Å²) in [5, 5.41) is 15.3. The number of amides is 1. The number of ether oxygens (including phenoxy) is 1. The second-order valence-corrected chi connectivity index (χ2v) is 9.98. The van der Waals surface area contributed by atoms with Crippen LogP contribution in [-0.2, 0) is 22.4 Å². The number of carbonyl (C=O) groups excluding carboxylic acids is 1. The van der Waals surface area contributed by atoms with Gasteiger partial charge in [0.1, 0.15) is 11.7 Å². The standard InChI is InChI=1S/C29H34FN7O3/c1-36-11-13-37(14-12-36)26(18-40-2)28(39)34-25-5-3-4-21-22(25)8-9-23(21)27-24(30)17-32-29(35-27)33-20-7-6-19(10-15-38)31-16-20/h3-7,9,16-17,26,38H,8,10-15,18H2,1-2H3,(H,34,39)(H,32,33,35)/t26-/m1/s1. The number of methoxy groups -OCH3 is 1. The van der Waals surface area contributed by atoms with Crippen LogP contribution >= 0.6 is 0 Å². The zero-order chi connectivity index (χ0) is 28.1. The maximum atomic E-state index is 15.0. The molecule has 1 amide bonds. The first-order valence-corrected chi connectivity index (χ1v) is 13.4. The smallest absolute Gasteiger partial charge is 0.244 e. The molecule has 10 nitrogen and oxygen atoms in total. The number of halogens is 1. The van der Waals surface area contributed by atoms with E-state index in [9.17, 15) is 4.79 Å². The molecule has 3 aromatic rings. The molecule has 3 heterocycles. The minimum atomic E-state index is -0.536. The van der Waals surface area contributed by atoms with Crippen LogP contribution in [0.4, 0.5) is 21.7 Å². The molecule has 1 saturated heterocycles. The van der Waals surface area contributed by atoms with Gasteiger partial charge in [-0.1, -0.05) is 18.2 Å². The molecular formula is C29H34FN7O3. The fraction of sp³-hybridized carbons (Fsp3) is 0.379. The van der Waals surface area contributed by atoms with Gasteiger partial charge in [-0.15, -0.1) is 0 Å². The number of anilines is 3. The van der Waals surface area contributed by atoms with Crippen LogP contribution in [0.2, 0.25) is 0 Å². The van der Waals surface area contributed by atoms with E-state index in [0.29, 0.717) is 36.4 Å². The van der Waals surface area contributed by atoms with E-state index in [4.69, 9.17) is 9.84 Å². The van der Waals surface area contributed by atoms with E-state index in [2.05, 4.69) is 42.4 Å². The number of nitrogens with zero attached hydrogens (tertiary/aromatic N) is 5. The number of hydrogen-bond acceptors (Lipinski definition) is 9. The number of hydrogen-bond donors (Lipinski definition) is 3. The van der Waals surface area contributed by atoms with Gasteiger partial charge in [0.2, 0.25) is 11.9 Å². The third-order valence-corrected chi connectivity index (χ3v) is 7.29. The zero-order valence-corrected chi connectivity index (χ0v) is 22.7. The summed E-state index contributed by atoms with van der Waals surface area (Å²) in [5.41, 5.74) is 4.68. The van der Waals surface area contributed by atoms with Gasteiger partial charge < -0.3 is 25.4 Å². The van der Waals surface area contributed by atoms with Gasteiger partial charge in [-0.2, -0.15) is 0 Å². The lowest BCUT2D eigenvalue weighted by molar-refractivity contribution is -0.124. The SMILES string of the molecule is COC[C@H](C(=O)Nc1cccc2c1CC=C2c1nc(Nc2ccc(CCO)nc2)ncc1F)N1CCN(C)CC1. The Morgan fingerprint density at radius 3 is 2.70 bits per heavy atom. The molecule has 3 N–H and O–H groups in total. The van der Waals surface area contributed by atoms with Crippen molar-refractivity contribution in [1.82, 2.24) is 24.8 Å². The molecule has 210 valence electrons. The van der Waals surface area contributed by atoms with E-state index >= 15 is 4.39 Å². The molecule has 5 rings (SSSR count). The molecule has 1 fully saturated rings. The molecule has 0 bridgehead atoms.